The smallest absolute Gasteiger partial charge is 0.407 e. The quantitative estimate of drug-likeness (QED) is 0.805. The molecule has 1 aliphatic rings. The number of carboxylic acid groups (broad SMARTS) is 1. The minimum absolute atomic E-state index is 0.149. The molecule has 1 heterocycles. The lowest BCUT2D eigenvalue weighted by Crippen LogP contribution is -2.38. The number of amides is 1. The van der Waals surface area contributed by atoms with Crippen LogP contribution >= 0.6 is 0 Å². The summed E-state index contributed by atoms with van der Waals surface area (Å²) >= 11 is 0. The molecular weight excluding hydrogens is 216 g/mol. The summed E-state index contributed by atoms with van der Waals surface area (Å²) in [4.78, 5) is 12.4. The Balaban J connectivity index is 2.22. The Morgan fingerprint density at radius 3 is 2.94 bits per heavy atom. The predicted molar refractivity (Wildman–Crippen MR) is 62.7 cm³/mol. The van der Waals surface area contributed by atoms with Gasteiger partial charge in [-0.2, -0.15) is 5.26 Å². The molecule has 1 aliphatic heterocycles. The molecule has 1 saturated heterocycles. The summed E-state index contributed by atoms with van der Waals surface area (Å²) in [5.74, 6) is 0.149. The van der Waals surface area contributed by atoms with Gasteiger partial charge in [-0.05, 0) is 24.5 Å². The second kappa shape index (κ2) is 4.88. The highest BCUT2D eigenvalue weighted by molar-refractivity contribution is 5.65. The van der Waals surface area contributed by atoms with Gasteiger partial charge >= 0.3 is 6.09 Å². The van der Waals surface area contributed by atoms with E-state index >= 15 is 0 Å². The Morgan fingerprint density at radius 1 is 1.47 bits per heavy atom. The monoisotopic (exact) mass is 230 g/mol. The zero-order valence-corrected chi connectivity index (χ0v) is 9.47. The maximum atomic E-state index is 10.9. The highest BCUT2D eigenvalue weighted by atomic mass is 16.4. The van der Waals surface area contributed by atoms with Crippen molar-refractivity contribution in [2.45, 2.75) is 18.8 Å². The molecule has 0 aromatic heterocycles. The average Bonchev–Trinajstić information content (AvgIpc) is 2.39. The van der Waals surface area contributed by atoms with E-state index in [1.165, 1.54) is 4.90 Å². The number of nitriles is 1. The number of piperidine rings is 1. The summed E-state index contributed by atoms with van der Waals surface area (Å²) in [6.07, 6.45) is 0.934. The van der Waals surface area contributed by atoms with Gasteiger partial charge < -0.3 is 10.0 Å². The van der Waals surface area contributed by atoms with E-state index in [-0.39, 0.29) is 5.92 Å². The largest absolute Gasteiger partial charge is 0.465 e. The van der Waals surface area contributed by atoms with Gasteiger partial charge in [-0.15, -0.1) is 0 Å². The van der Waals surface area contributed by atoms with Crippen LogP contribution in [0.25, 0.3) is 0 Å². The van der Waals surface area contributed by atoms with E-state index in [2.05, 4.69) is 6.07 Å². The molecule has 0 spiro atoms. The Morgan fingerprint density at radius 2 is 2.24 bits per heavy atom. The van der Waals surface area contributed by atoms with Gasteiger partial charge in [0.2, 0.25) is 0 Å². The summed E-state index contributed by atoms with van der Waals surface area (Å²) in [6, 6.07) is 9.61. The number of hydrogen-bond acceptors (Lipinski definition) is 2. The van der Waals surface area contributed by atoms with Crippen LogP contribution in [0.1, 0.15) is 29.9 Å². The molecule has 2 rings (SSSR count). The molecule has 0 aliphatic carbocycles. The van der Waals surface area contributed by atoms with E-state index < -0.39 is 6.09 Å². The number of likely N-dealkylation sites (tertiary alicyclic amines) is 1. The summed E-state index contributed by atoms with van der Waals surface area (Å²) < 4.78 is 0. The van der Waals surface area contributed by atoms with Crippen molar-refractivity contribution in [1.82, 2.24) is 4.90 Å². The minimum atomic E-state index is -0.871. The van der Waals surface area contributed by atoms with Crippen LogP contribution in [0.2, 0.25) is 0 Å². The second-order valence-corrected chi connectivity index (χ2v) is 4.27. The molecule has 1 atom stereocenters. The Labute approximate surface area is 100 Å². The summed E-state index contributed by atoms with van der Waals surface area (Å²) in [5.41, 5.74) is 1.63. The molecule has 1 amide bonds. The molecule has 1 unspecified atom stereocenters. The van der Waals surface area contributed by atoms with Crippen molar-refractivity contribution in [3.05, 3.63) is 35.4 Å². The minimum Gasteiger partial charge on any atom is -0.465 e. The predicted octanol–water partition coefficient (Wildman–Crippen LogP) is 2.42. The molecule has 88 valence electrons. The fourth-order valence-corrected chi connectivity index (χ4v) is 2.36. The highest BCUT2D eigenvalue weighted by Crippen LogP contribution is 2.28. The molecule has 17 heavy (non-hydrogen) atoms. The Kier molecular flexibility index (Phi) is 3.29. The lowest BCUT2D eigenvalue weighted by molar-refractivity contribution is 0.130. The first-order valence-corrected chi connectivity index (χ1v) is 5.69. The van der Waals surface area contributed by atoms with Gasteiger partial charge in [-0.3, -0.25) is 0 Å². The maximum Gasteiger partial charge on any atom is 0.407 e. The zero-order valence-electron chi connectivity index (χ0n) is 9.47. The van der Waals surface area contributed by atoms with Crippen LogP contribution in [-0.4, -0.2) is 29.2 Å². The van der Waals surface area contributed by atoms with E-state index in [1.54, 1.807) is 6.07 Å². The summed E-state index contributed by atoms with van der Waals surface area (Å²) in [7, 11) is 0. The molecule has 0 bridgehead atoms. The maximum absolute atomic E-state index is 10.9. The average molecular weight is 230 g/mol. The van der Waals surface area contributed by atoms with Crippen molar-refractivity contribution in [1.29, 1.82) is 5.26 Å². The van der Waals surface area contributed by atoms with Crippen LogP contribution in [0.3, 0.4) is 0 Å². The molecule has 4 heteroatoms. The van der Waals surface area contributed by atoms with Gasteiger partial charge in [0.05, 0.1) is 11.6 Å². The highest BCUT2D eigenvalue weighted by Gasteiger charge is 2.25. The van der Waals surface area contributed by atoms with Gasteiger partial charge in [0, 0.05) is 19.0 Å². The van der Waals surface area contributed by atoms with E-state index in [1.807, 2.05) is 18.2 Å². The topological polar surface area (TPSA) is 64.3 Å². The number of carbonyl (C=O) groups is 1. The first-order chi connectivity index (χ1) is 8.22. The molecule has 1 aromatic carbocycles. The van der Waals surface area contributed by atoms with Crippen molar-refractivity contribution in [3.8, 4) is 6.07 Å². The third kappa shape index (κ3) is 2.39. The normalized spacial score (nSPS) is 19.7. The van der Waals surface area contributed by atoms with Crippen molar-refractivity contribution >= 4 is 6.09 Å². The zero-order chi connectivity index (χ0) is 12.3. The first kappa shape index (κ1) is 11.5. The van der Waals surface area contributed by atoms with E-state index in [9.17, 15) is 4.79 Å². The van der Waals surface area contributed by atoms with Crippen LogP contribution in [0.15, 0.2) is 24.3 Å². The van der Waals surface area contributed by atoms with Gasteiger partial charge in [0.25, 0.3) is 0 Å². The van der Waals surface area contributed by atoms with E-state index in [0.29, 0.717) is 18.7 Å². The van der Waals surface area contributed by atoms with Crippen molar-refractivity contribution in [3.63, 3.8) is 0 Å². The molecular formula is C13H14N2O2. The second-order valence-electron chi connectivity index (χ2n) is 4.27. The van der Waals surface area contributed by atoms with Gasteiger partial charge in [-0.1, -0.05) is 18.2 Å². The van der Waals surface area contributed by atoms with Crippen LogP contribution in [-0.2, 0) is 0 Å². The third-order valence-electron chi connectivity index (χ3n) is 3.21. The van der Waals surface area contributed by atoms with Crippen LogP contribution in [0.4, 0.5) is 4.79 Å². The van der Waals surface area contributed by atoms with E-state index in [0.717, 1.165) is 18.4 Å². The molecule has 0 radical (unpaired) electrons. The number of rotatable bonds is 1. The van der Waals surface area contributed by atoms with Crippen molar-refractivity contribution in [2.75, 3.05) is 13.1 Å². The van der Waals surface area contributed by atoms with E-state index in [4.69, 9.17) is 10.4 Å². The number of benzene rings is 1. The van der Waals surface area contributed by atoms with Crippen molar-refractivity contribution in [2.24, 2.45) is 0 Å². The molecule has 1 fully saturated rings. The Bertz CT molecular complexity index is 465. The summed E-state index contributed by atoms with van der Waals surface area (Å²) in [6.45, 7) is 1.09. The molecule has 0 saturated carbocycles. The van der Waals surface area contributed by atoms with Crippen LogP contribution < -0.4 is 0 Å². The lowest BCUT2D eigenvalue weighted by Gasteiger charge is -2.31. The molecule has 4 nitrogen and oxygen atoms in total. The Hall–Kier alpha value is -2.02. The third-order valence-corrected chi connectivity index (χ3v) is 3.21. The number of hydrogen-bond donors (Lipinski definition) is 1. The van der Waals surface area contributed by atoms with Crippen LogP contribution in [0, 0.1) is 11.3 Å². The fraction of sp³-hybridized carbons (Fsp3) is 0.385. The number of nitrogens with zero attached hydrogens (tertiary/aromatic N) is 2. The molecule has 1 aromatic rings. The standard InChI is InChI=1S/C13H14N2O2/c14-8-10-4-1-2-6-12(10)11-5-3-7-15(9-11)13(16)17/h1-2,4,6,11H,3,5,7,9H2,(H,16,17). The SMILES string of the molecule is N#Cc1ccccc1C1CCCN(C(=O)O)C1. The van der Waals surface area contributed by atoms with Crippen molar-refractivity contribution < 1.29 is 9.90 Å². The van der Waals surface area contributed by atoms with Gasteiger partial charge in [-0.25, -0.2) is 4.79 Å². The van der Waals surface area contributed by atoms with Gasteiger partial charge in [0.1, 0.15) is 0 Å². The summed E-state index contributed by atoms with van der Waals surface area (Å²) in [5, 5.41) is 18.0. The van der Waals surface area contributed by atoms with Gasteiger partial charge in [0.15, 0.2) is 0 Å². The lowest BCUT2D eigenvalue weighted by atomic mass is 9.88. The first-order valence-electron chi connectivity index (χ1n) is 5.69. The molecule has 1 N–H and O–H groups in total. The fourth-order valence-electron chi connectivity index (χ4n) is 2.36. The van der Waals surface area contributed by atoms with Crippen LogP contribution in [0.5, 0.6) is 0 Å².